The molecule has 2 nitrogen and oxygen atoms in total. The number of anilines is 2. The zero-order valence-corrected chi connectivity index (χ0v) is 13.1. The first-order valence-corrected chi connectivity index (χ1v) is 7.58. The number of rotatable bonds is 5. The van der Waals surface area contributed by atoms with Crippen LogP contribution in [0.15, 0.2) is 30.3 Å². The molecule has 1 N–H and O–H groups in total. The van der Waals surface area contributed by atoms with E-state index in [2.05, 4.69) is 29.3 Å². The molecule has 0 aliphatic heterocycles. The Kier molecular flexibility index (Phi) is 4.72. The van der Waals surface area contributed by atoms with Crippen molar-refractivity contribution in [3.63, 3.8) is 0 Å². The smallest absolute Gasteiger partial charge is 0.0597 e. The summed E-state index contributed by atoms with van der Waals surface area (Å²) >= 11 is 7.94. The van der Waals surface area contributed by atoms with Crippen LogP contribution in [0.4, 0.5) is 11.4 Å². The van der Waals surface area contributed by atoms with Gasteiger partial charge < -0.3 is 10.2 Å². The predicted molar refractivity (Wildman–Crippen MR) is 86.8 cm³/mol. The average Bonchev–Trinajstić information content (AvgIpc) is 2.84. The summed E-state index contributed by atoms with van der Waals surface area (Å²) in [6.45, 7) is 3.02. The highest BCUT2D eigenvalue weighted by atomic mass is 35.5. The maximum absolute atomic E-state index is 6.07. The van der Waals surface area contributed by atoms with Crippen LogP contribution in [0, 0.1) is 0 Å². The fraction of sp³-hybridized carbons (Fsp3) is 0.333. The molecule has 2 rings (SSSR count). The van der Waals surface area contributed by atoms with E-state index >= 15 is 0 Å². The van der Waals surface area contributed by atoms with E-state index < -0.39 is 0 Å². The number of nitrogens with one attached hydrogen (secondary N) is 1. The van der Waals surface area contributed by atoms with Crippen molar-refractivity contribution < 1.29 is 0 Å². The molecule has 0 fully saturated rings. The molecule has 0 aliphatic rings. The Morgan fingerprint density at radius 3 is 2.53 bits per heavy atom. The third-order valence-corrected chi connectivity index (χ3v) is 4.42. The average molecular weight is 295 g/mol. The molecule has 1 aromatic heterocycles. The van der Waals surface area contributed by atoms with Gasteiger partial charge in [0, 0.05) is 35.4 Å². The van der Waals surface area contributed by atoms with Crippen LogP contribution in [-0.2, 0) is 13.0 Å². The summed E-state index contributed by atoms with van der Waals surface area (Å²) in [7, 11) is 4.07. The van der Waals surface area contributed by atoms with Crippen LogP contribution in [0.25, 0.3) is 0 Å². The summed E-state index contributed by atoms with van der Waals surface area (Å²) in [6.07, 6.45) is 1.10. The lowest BCUT2D eigenvalue weighted by atomic mass is 10.2. The molecule has 19 heavy (non-hydrogen) atoms. The molecule has 0 unspecified atom stereocenters. The van der Waals surface area contributed by atoms with Crippen LogP contribution in [0.1, 0.15) is 16.7 Å². The number of nitrogens with zero attached hydrogens (tertiary/aromatic N) is 1. The lowest BCUT2D eigenvalue weighted by Gasteiger charge is -2.18. The second-order valence-electron chi connectivity index (χ2n) is 4.63. The van der Waals surface area contributed by atoms with E-state index in [1.807, 2.05) is 43.6 Å². The molecule has 0 atom stereocenters. The van der Waals surface area contributed by atoms with Gasteiger partial charge in [-0.25, -0.2) is 0 Å². The Hall–Kier alpha value is -1.19. The van der Waals surface area contributed by atoms with E-state index in [-0.39, 0.29) is 0 Å². The van der Waals surface area contributed by atoms with Gasteiger partial charge in [0.15, 0.2) is 0 Å². The lowest BCUT2D eigenvalue weighted by molar-refractivity contribution is 1.11. The third-order valence-electron chi connectivity index (χ3n) is 2.96. The van der Waals surface area contributed by atoms with Crippen LogP contribution in [0.2, 0.25) is 5.02 Å². The topological polar surface area (TPSA) is 15.3 Å². The van der Waals surface area contributed by atoms with E-state index in [0.29, 0.717) is 0 Å². The summed E-state index contributed by atoms with van der Waals surface area (Å²) in [4.78, 5) is 4.86. The highest BCUT2D eigenvalue weighted by Gasteiger charge is 2.06. The van der Waals surface area contributed by atoms with Gasteiger partial charge in [-0.2, -0.15) is 0 Å². The van der Waals surface area contributed by atoms with Gasteiger partial charge in [-0.3, -0.25) is 0 Å². The van der Waals surface area contributed by atoms with Gasteiger partial charge in [0.05, 0.1) is 11.4 Å². The first kappa shape index (κ1) is 14.2. The molecule has 0 bridgehead atoms. The van der Waals surface area contributed by atoms with Crippen LogP contribution in [0.5, 0.6) is 0 Å². The summed E-state index contributed by atoms with van der Waals surface area (Å²) in [5.74, 6) is 0. The van der Waals surface area contributed by atoms with Gasteiger partial charge in [0.25, 0.3) is 0 Å². The van der Waals surface area contributed by atoms with Crippen molar-refractivity contribution in [3.8, 4) is 0 Å². The fourth-order valence-electron chi connectivity index (χ4n) is 1.93. The number of aryl methyl sites for hydroxylation is 1. The minimum atomic E-state index is 0.758. The SMILES string of the molecule is CCc1ccc(CNc2cc(Cl)ccc2N(C)C)s1. The number of thiophene rings is 1. The maximum atomic E-state index is 6.07. The number of hydrogen-bond donors (Lipinski definition) is 1. The largest absolute Gasteiger partial charge is 0.378 e. The summed E-state index contributed by atoms with van der Waals surface area (Å²) < 4.78 is 0. The first-order chi connectivity index (χ1) is 9.10. The van der Waals surface area contributed by atoms with Gasteiger partial charge in [0.2, 0.25) is 0 Å². The standard InChI is InChI=1S/C15H19ClN2S/c1-4-12-6-7-13(19-12)10-17-14-9-11(16)5-8-15(14)18(2)3/h5-9,17H,4,10H2,1-3H3. The Bertz CT molecular complexity index is 549. The van der Waals surface area contributed by atoms with Gasteiger partial charge in [0.1, 0.15) is 0 Å². The van der Waals surface area contributed by atoms with E-state index in [1.165, 1.54) is 9.75 Å². The third kappa shape index (κ3) is 3.64. The van der Waals surface area contributed by atoms with Gasteiger partial charge in [-0.15, -0.1) is 11.3 Å². The zero-order chi connectivity index (χ0) is 13.8. The van der Waals surface area contributed by atoms with Gasteiger partial charge in [-0.05, 0) is 36.8 Å². The monoisotopic (exact) mass is 294 g/mol. The number of benzene rings is 1. The summed E-state index contributed by atoms with van der Waals surface area (Å²) in [6, 6.07) is 10.3. The molecule has 2 aromatic rings. The molecule has 0 radical (unpaired) electrons. The molecule has 102 valence electrons. The van der Waals surface area contributed by atoms with Crippen LogP contribution in [0.3, 0.4) is 0 Å². The summed E-state index contributed by atoms with van der Waals surface area (Å²) in [5, 5.41) is 4.23. The quantitative estimate of drug-likeness (QED) is 0.864. The first-order valence-electron chi connectivity index (χ1n) is 6.38. The van der Waals surface area contributed by atoms with Crippen molar-refractivity contribution in [2.75, 3.05) is 24.3 Å². The van der Waals surface area contributed by atoms with E-state index in [0.717, 1.165) is 29.4 Å². The van der Waals surface area contributed by atoms with Crippen molar-refractivity contribution in [3.05, 3.63) is 45.1 Å². The molecule has 0 saturated carbocycles. The second-order valence-corrected chi connectivity index (χ2v) is 6.32. The van der Waals surface area contributed by atoms with E-state index in [1.54, 1.807) is 0 Å². The number of halogens is 1. The predicted octanol–water partition coefficient (Wildman–Crippen LogP) is 4.64. The minimum absolute atomic E-state index is 0.758. The van der Waals surface area contributed by atoms with Crippen molar-refractivity contribution in [2.24, 2.45) is 0 Å². The Morgan fingerprint density at radius 1 is 1.16 bits per heavy atom. The maximum Gasteiger partial charge on any atom is 0.0597 e. The van der Waals surface area contributed by atoms with Crippen molar-refractivity contribution in [1.29, 1.82) is 0 Å². The van der Waals surface area contributed by atoms with Crippen LogP contribution in [-0.4, -0.2) is 14.1 Å². The molecule has 0 saturated heterocycles. The lowest BCUT2D eigenvalue weighted by Crippen LogP contribution is -2.11. The summed E-state index contributed by atoms with van der Waals surface area (Å²) in [5.41, 5.74) is 2.22. The molecular formula is C15H19ClN2S. The van der Waals surface area contributed by atoms with E-state index in [9.17, 15) is 0 Å². The molecule has 1 heterocycles. The van der Waals surface area contributed by atoms with Crippen LogP contribution >= 0.6 is 22.9 Å². The molecule has 4 heteroatoms. The molecule has 1 aromatic carbocycles. The highest BCUT2D eigenvalue weighted by Crippen LogP contribution is 2.29. The Balaban J connectivity index is 2.12. The molecule has 0 aliphatic carbocycles. The minimum Gasteiger partial charge on any atom is -0.378 e. The van der Waals surface area contributed by atoms with Crippen LogP contribution < -0.4 is 10.2 Å². The van der Waals surface area contributed by atoms with Crippen molar-refractivity contribution in [2.45, 2.75) is 19.9 Å². The van der Waals surface area contributed by atoms with Gasteiger partial charge in [-0.1, -0.05) is 18.5 Å². The van der Waals surface area contributed by atoms with E-state index in [4.69, 9.17) is 11.6 Å². The van der Waals surface area contributed by atoms with Crippen molar-refractivity contribution >= 4 is 34.3 Å². The Labute approximate surface area is 124 Å². The molecule has 0 spiro atoms. The van der Waals surface area contributed by atoms with Gasteiger partial charge >= 0.3 is 0 Å². The Morgan fingerprint density at radius 2 is 1.89 bits per heavy atom. The zero-order valence-electron chi connectivity index (χ0n) is 11.5. The van der Waals surface area contributed by atoms with Crippen molar-refractivity contribution in [1.82, 2.24) is 0 Å². The fourth-order valence-corrected chi connectivity index (χ4v) is 3.00. The number of hydrogen-bond acceptors (Lipinski definition) is 3. The molecular weight excluding hydrogens is 276 g/mol. The second kappa shape index (κ2) is 6.31. The normalized spacial score (nSPS) is 10.5. The molecule has 0 amide bonds. The highest BCUT2D eigenvalue weighted by molar-refractivity contribution is 7.12.